The summed E-state index contributed by atoms with van der Waals surface area (Å²) in [4.78, 5) is 0.699. The zero-order valence-corrected chi connectivity index (χ0v) is 11.8. The predicted octanol–water partition coefficient (Wildman–Crippen LogP) is 3.61. The summed E-state index contributed by atoms with van der Waals surface area (Å²) in [6, 6.07) is 2.20. The minimum Gasteiger partial charge on any atom is -0.272 e. The van der Waals surface area contributed by atoms with Gasteiger partial charge in [0.15, 0.2) is 0 Å². The van der Waals surface area contributed by atoms with Crippen molar-refractivity contribution in [2.45, 2.75) is 50.3 Å². The highest BCUT2D eigenvalue weighted by atomic mass is 79.9. The molecule has 0 spiro atoms. The van der Waals surface area contributed by atoms with Crippen LogP contribution in [0.1, 0.15) is 43.5 Å². The largest absolute Gasteiger partial charge is 0.272 e. The first-order valence-electron chi connectivity index (χ1n) is 6.30. The maximum absolute atomic E-state index is 4.39. The Morgan fingerprint density at radius 2 is 2.19 bits per heavy atom. The number of nitrogens with zero attached hydrogens (tertiary/aromatic N) is 2. The molecule has 0 radical (unpaired) electrons. The highest BCUT2D eigenvalue weighted by Gasteiger charge is 2.22. The minimum absolute atomic E-state index is 0.699. The molecule has 0 amide bonds. The lowest BCUT2D eigenvalue weighted by Gasteiger charge is -2.16. The van der Waals surface area contributed by atoms with Crippen LogP contribution in [0, 0.1) is 12.8 Å². The van der Waals surface area contributed by atoms with Crippen molar-refractivity contribution in [2.24, 2.45) is 13.0 Å². The van der Waals surface area contributed by atoms with E-state index in [0.717, 1.165) is 18.0 Å². The molecule has 1 atom stereocenters. The topological polar surface area (TPSA) is 17.8 Å². The van der Waals surface area contributed by atoms with Crippen LogP contribution in [-0.2, 0) is 13.5 Å². The molecule has 1 fully saturated rings. The normalized spacial score (nSPS) is 19.2. The zero-order valence-electron chi connectivity index (χ0n) is 10.2. The number of halogens is 1. The summed E-state index contributed by atoms with van der Waals surface area (Å²) in [5, 5.41) is 4.39. The van der Waals surface area contributed by atoms with E-state index >= 15 is 0 Å². The third-order valence-corrected chi connectivity index (χ3v) is 4.89. The standard InChI is InChI=1S/C13H21BrN2/c1-10-9-12(16(2)15-10)7-8-13(14)11-5-3-4-6-11/h9,11,13H,3-8H2,1-2H3. The van der Waals surface area contributed by atoms with E-state index in [1.165, 1.54) is 37.8 Å². The van der Waals surface area contributed by atoms with E-state index in [4.69, 9.17) is 0 Å². The van der Waals surface area contributed by atoms with Crippen molar-refractivity contribution in [1.82, 2.24) is 9.78 Å². The molecule has 1 saturated carbocycles. The van der Waals surface area contributed by atoms with Crippen molar-refractivity contribution in [2.75, 3.05) is 0 Å². The summed E-state index contributed by atoms with van der Waals surface area (Å²) in [6.07, 6.45) is 8.07. The molecule has 1 aromatic rings. The molecular formula is C13H21BrN2. The van der Waals surface area contributed by atoms with Gasteiger partial charge < -0.3 is 0 Å². The summed E-state index contributed by atoms with van der Waals surface area (Å²) in [7, 11) is 2.04. The average molecular weight is 285 g/mol. The molecule has 2 rings (SSSR count). The summed E-state index contributed by atoms with van der Waals surface area (Å²) in [5.74, 6) is 0.911. The van der Waals surface area contributed by atoms with Crippen LogP contribution in [0.4, 0.5) is 0 Å². The summed E-state index contributed by atoms with van der Waals surface area (Å²) < 4.78 is 2.02. The van der Waals surface area contributed by atoms with E-state index in [1.807, 2.05) is 11.7 Å². The smallest absolute Gasteiger partial charge is 0.0596 e. The van der Waals surface area contributed by atoms with Crippen LogP contribution in [0.15, 0.2) is 6.07 Å². The van der Waals surface area contributed by atoms with Crippen LogP contribution in [0.25, 0.3) is 0 Å². The Labute approximate surface area is 107 Å². The highest BCUT2D eigenvalue weighted by Crippen LogP contribution is 2.33. The van der Waals surface area contributed by atoms with Gasteiger partial charge in [0, 0.05) is 17.6 Å². The van der Waals surface area contributed by atoms with Gasteiger partial charge in [-0.25, -0.2) is 0 Å². The lowest BCUT2D eigenvalue weighted by Crippen LogP contribution is -2.12. The number of rotatable bonds is 4. The molecule has 90 valence electrons. The number of aromatic nitrogens is 2. The van der Waals surface area contributed by atoms with E-state index in [2.05, 4.69) is 34.0 Å². The summed E-state index contributed by atoms with van der Waals surface area (Å²) in [5.41, 5.74) is 2.49. The first-order chi connectivity index (χ1) is 7.66. The maximum Gasteiger partial charge on any atom is 0.0596 e. The number of aryl methyl sites for hydroxylation is 3. The molecule has 0 N–H and O–H groups in total. The first kappa shape index (κ1) is 12.2. The van der Waals surface area contributed by atoms with Crippen molar-refractivity contribution in [3.05, 3.63) is 17.5 Å². The van der Waals surface area contributed by atoms with Gasteiger partial charge in [-0.05, 0) is 44.6 Å². The fraction of sp³-hybridized carbons (Fsp3) is 0.769. The van der Waals surface area contributed by atoms with E-state index in [1.54, 1.807) is 0 Å². The molecule has 1 aliphatic carbocycles. The van der Waals surface area contributed by atoms with Crippen molar-refractivity contribution >= 4 is 15.9 Å². The van der Waals surface area contributed by atoms with Crippen molar-refractivity contribution < 1.29 is 0 Å². The number of alkyl halides is 1. The van der Waals surface area contributed by atoms with Gasteiger partial charge in [0.2, 0.25) is 0 Å². The highest BCUT2D eigenvalue weighted by molar-refractivity contribution is 9.09. The third-order valence-electron chi connectivity index (χ3n) is 3.69. The van der Waals surface area contributed by atoms with Crippen LogP contribution < -0.4 is 0 Å². The average Bonchev–Trinajstić information content (AvgIpc) is 2.84. The Bertz CT molecular complexity index is 340. The van der Waals surface area contributed by atoms with E-state index in [0.29, 0.717) is 4.83 Å². The predicted molar refractivity (Wildman–Crippen MR) is 70.9 cm³/mol. The quantitative estimate of drug-likeness (QED) is 0.773. The maximum atomic E-state index is 4.39. The molecule has 1 heterocycles. The van der Waals surface area contributed by atoms with Gasteiger partial charge in [-0.3, -0.25) is 4.68 Å². The van der Waals surface area contributed by atoms with Crippen LogP contribution in [0.5, 0.6) is 0 Å². The molecule has 0 aromatic carbocycles. The molecule has 3 heteroatoms. The molecule has 2 nitrogen and oxygen atoms in total. The van der Waals surface area contributed by atoms with E-state index in [9.17, 15) is 0 Å². The summed E-state index contributed by atoms with van der Waals surface area (Å²) in [6.45, 7) is 2.06. The van der Waals surface area contributed by atoms with Gasteiger partial charge >= 0.3 is 0 Å². The Hall–Kier alpha value is -0.310. The monoisotopic (exact) mass is 284 g/mol. The lowest BCUT2D eigenvalue weighted by atomic mass is 9.99. The molecule has 1 aromatic heterocycles. The Morgan fingerprint density at radius 1 is 1.50 bits per heavy atom. The van der Waals surface area contributed by atoms with E-state index in [-0.39, 0.29) is 0 Å². The van der Waals surface area contributed by atoms with Crippen molar-refractivity contribution in [1.29, 1.82) is 0 Å². The van der Waals surface area contributed by atoms with Gasteiger partial charge in [-0.2, -0.15) is 5.10 Å². The van der Waals surface area contributed by atoms with Gasteiger partial charge in [-0.15, -0.1) is 0 Å². The summed E-state index contributed by atoms with van der Waals surface area (Å²) >= 11 is 3.86. The molecule has 1 unspecified atom stereocenters. The van der Waals surface area contributed by atoms with Crippen LogP contribution in [-0.4, -0.2) is 14.6 Å². The molecule has 0 saturated heterocycles. The Morgan fingerprint density at radius 3 is 2.75 bits per heavy atom. The van der Waals surface area contributed by atoms with Gasteiger partial charge in [0.25, 0.3) is 0 Å². The number of hydrogen-bond donors (Lipinski definition) is 0. The second kappa shape index (κ2) is 5.35. The fourth-order valence-electron chi connectivity index (χ4n) is 2.74. The van der Waals surface area contributed by atoms with Crippen LogP contribution in [0.3, 0.4) is 0 Å². The van der Waals surface area contributed by atoms with Crippen molar-refractivity contribution in [3.63, 3.8) is 0 Å². The second-order valence-corrected chi connectivity index (χ2v) is 6.18. The molecule has 1 aliphatic rings. The van der Waals surface area contributed by atoms with Gasteiger partial charge in [0.05, 0.1) is 5.69 Å². The lowest BCUT2D eigenvalue weighted by molar-refractivity contribution is 0.500. The Kier molecular flexibility index (Phi) is 4.06. The van der Waals surface area contributed by atoms with Crippen LogP contribution in [0.2, 0.25) is 0 Å². The minimum atomic E-state index is 0.699. The van der Waals surface area contributed by atoms with Crippen molar-refractivity contribution in [3.8, 4) is 0 Å². The SMILES string of the molecule is Cc1cc(CCC(Br)C2CCCC2)n(C)n1. The molecule has 16 heavy (non-hydrogen) atoms. The van der Waals surface area contributed by atoms with Crippen LogP contribution >= 0.6 is 15.9 Å². The molecular weight excluding hydrogens is 264 g/mol. The van der Waals surface area contributed by atoms with Gasteiger partial charge in [0.1, 0.15) is 0 Å². The third kappa shape index (κ3) is 2.88. The Balaban J connectivity index is 1.84. The first-order valence-corrected chi connectivity index (χ1v) is 7.22. The molecule has 0 aliphatic heterocycles. The zero-order chi connectivity index (χ0) is 11.5. The molecule has 0 bridgehead atoms. The van der Waals surface area contributed by atoms with Gasteiger partial charge in [-0.1, -0.05) is 28.8 Å². The second-order valence-electron chi connectivity index (χ2n) is 5.00. The van der Waals surface area contributed by atoms with E-state index < -0.39 is 0 Å². The fourth-order valence-corrected chi connectivity index (χ4v) is 3.50. The number of hydrogen-bond acceptors (Lipinski definition) is 1.